The lowest BCUT2D eigenvalue weighted by atomic mass is 10.0. The number of hydrogen-bond acceptors (Lipinski definition) is 1. The van der Waals surface area contributed by atoms with Crippen molar-refractivity contribution in [1.29, 1.82) is 0 Å². The Balaban J connectivity index is 3.44. The molecule has 0 aromatic heterocycles. The zero-order valence-corrected chi connectivity index (χ0v) is 5.72. The third-order valence-electron chi connectivity index (χ3n) is 1.52. The molecule has 0 aromatic rings. The van der Waals surface area contributed by atoms with Gasteiger partial charge < -0.3 is 5.73 Å². The van der Waals surface area contributed by atoms with Crippen molar-refractivity contribution >= 4 is 0 Å². The number of hydrogen-bond donors (Lipinski definition) is 1. The lowest BCUT2D eigenvalue weighted by molar-refractivity contribution is 0.525. The molecule has 0 amide bonds. The van der Waals surface area contributed by atoms with Gasteiger partial charge in [-0.3, -0.25) is 0 Å². The average Bonchev–Trinajstić information content (AvgIpc) is 1.84. The number of nitrogens with two attached hydrogens (primary N) is 1. The van der Waals surface area contributed by atoms with Gasteiger partial charge in [-0.15, -0.1) is 6.58 Å². The Hall–Kier alpha value is -0.300. The SMILES string of the molecule is C=CC(C)C(N)CC. The minimum absolute atomic E-state index is 0.299. The Bertz CT molecular complexity index is 68.8. The summed E-state index contributed by atoms with van der Waals surface area (Å²) in [5, 5.41) is 0. The van der Waals surface area contributed by atoms with Crippen LogP contribution >= 0.6 is 0 Å². The molecule has 1 heteroatoms. The van der Waals surface area contributed by atoms with Crippen molar-refractivity contribution in [2.75, 3.05) is 0 Å². The first-order valence-corrected chi connectivity index (χ1v) is 3.10. The van der Waals surface area contributed by atoms with Crippen LogP contribution < -0.4 is 5.73 Å². The molecule has 0 radical (unpaired) electrons. The maximum absolute atomic E-state index is 5.66. The van der Waals surface area contributed by atoms with Crippen LogP contribution in [-0.2, 0) is 0 Å². The van der Waals surface area contributed by atoms with Gasteiger partial charge in [-0.25, -0.2) is 0 Å². The van der Waals surface area contributed by atoms with Gasteiger partial charge in [0.2, 0.25) is 0 Å². The van der Waals surface area contributed by atoms with Gasteiger partial charge in [-0.05, 0) is 12.3 Å². The summed E-state index contributed by atoms with van der Waals surface area (Å²) in [4.78, 5) is 0. The Morgan fingerprint density at radius 1 is 1.75 bits per heavy atom. The molecule has 0 heterocycles. The Morgan fingerprint density at radius 2 is 2.25 bits per heavy atom. The predicted octanol–water partition coefficient (Wildman–Crippen LogP) is 1.55. The molecular weight excluding hydrogens is 98.1 g/mol. The molecule has 2 atom stereocenters. The zero-order chi connectivity index (χ0) is 6.57. The Labute approximate surface area is 51.6 Å². The quantitative estimate of drug-likeness (QED) is 0.552. The van der Waals surface area contributed by atoms with E-state index < -0.39 is 0 Å². The summed E-state index contributed by atoms with van der Waals surface area (Å²) in [6, 6.07) is 0.299. The van der Waals surface area contributed by atoms with E-state index in [0.717, 1.165) is 6.42 Å². The average molecular weight is 113 g/mol. The summed E-state index contributed by atoms with van der Waals surface area (Å²) in [5.74, 6) is 0.458. The number of rotatable bonds is 3. The van der Waals surface area contributed by atoms with Crippen LogP contribution in [0.4, 0.5) is 0 Å². The molecule has 0 saturated heterocycles. The first-order valence-electron chi connectivity index (χ1n) is 3.10. The largest absolute Gasteiger partial charge is 0.327 e. The molecule has 0 saturated carbocycles. The van der Waals surface area contributed by atoms with Crippen molar-refractivity contribution < 1.29 is 0 Å². The minimum atomic E-state index is 0.299. The van der Waals surface area contributed by atoms with Crippen LogP contribution in [0, 0.1) is 5.92 Å². The van der Waals surface area contributed by atoms with Crippen LogP contribution in [0.25, 0.3) is 0 Å². The molecule has 0 fully saturated rings. The maximum Gasteiger partial charge on any atom is 0.00965 e. The first-order chi connectivity index (χ1) is 3.72. The van der Waals surface area contributed by atoms with E-state index in [9.17, 15) is 0 Å². The highest BCUT2D eigenvalue weighted by Gasteiger charge is 2.03. The van der Waals surface area contributed by atoms with Gasteiger partial charge in [0, 0.05) is 6.04 Å². The Kier molecular flexibility index (Phi) is 3.53. The fourth-order valence-corrected chi connectivity index (χ4v) is 0.547. The van der Waals surface area contributed by atoms with Gasteiger partial charge in [0.05, 0.1) is 0 Å². The van der Waals surface area contributed by atoms with Crippen LogP contribution in [0.5, 0.6) is 0 Å². The van der Waals surface area contributed by atoms with Gasteiger partial charge in [0.1, 0.15) is 0 Å². The van der Waals surface area contributed by atoms with E-state index in [2.05, 4.69) is 20.4 Å². The second-order valence-electron chi connectivity index (χ2n) is 2.17. The van der Waals surface area contributed by atoms with E-state index in [1.165, 1.54) is 0 Å². The van der Waals surface area contributed by atoms with E-state index in [1.54, 1.807) is 0 Å². The molecule has 8 heavy (non-hydrogen) atoms. The monoisotopic (exact) mass is 113 g/mol. The van der Waals surface area contributed by atoms with Crippen molar-refractivity contribution in [2.24, 2.45) is 11.7 Å². The van der Waals surface area contributed by atoms with E-state index in [-0.39, 0.29) is 0 Å². The lowest BCUT2D eigenvalue weighted by Gasteiger charge is -2.12. The molecule has 0 aliphatic rings. The molecular formula is C7H15N. The van der Waals surface area contributed by atoms with Crippen molar-refractivity contribution in [3.05, 3.63) is 12.7 Å². The fraction of sp³-hybridized carbons (Fsp3) is 0.714. The molecule has 0 rings (SSSR count). The summed E-state index contributed by atoms with van der Waals surface area (Å²) < 4.78 is 0. The van der Waals surface area contributed by atoms with Gasteiger partial charge in [-0.2, -0.15) is 0 Å². The molecule has 0 aliphatic carbocycles. The molecule has 1 nitrogen and oxygen atoms in total. The van der Waals surface area contributed by atoms with Crippen LogP contribution in [0.15, 0.2) is 12.7 Å². The highest BCUT2D eigenvalue weighted by atomic mass is 14.6. The van der Waals surface area contributed by atoms with Crippen molar-refractivity contribution in [1.82, 2.24) is 0 Å². The van der Waals surface area contributed by atoms with Crippen LogP contribution in [0.1, 0.15) is 20.3 Å². The van der Waals surface area contributed by atoms with E-state index in [0.29, 0.717) is 12.0 Å². The Morgan fingerprint density at radius 3 is 2.38 bits per heavy atom. The summed E-state index contributed by atoms with van der Waals surface area (Å²) in [5.41, 5.74) is 5.66. The molecule has 0 bridgehead atoms. The first kappa shape index (κ1) is 7.70. The summed E-state index contributed by atoms with van der Waals surface area (Å²) in [6.07, 6.45) is 2.93. The van der Waals surface area contributed by atoms with E-state index in [4.69, 9.17) is 5.73 Å². The minimum Gasteiger partial charge on any atom is -0.327 e. The summed E-state index contributed by atoms with van der Waals surface area (Å²) in [7, 11) is 0. The second kappa shape index (κ2) is 3.67. The van der Waals surface area contributed by atoms with Crippen LogP contribution in [0.2, 0.25) is 0 Å². The molecule has 2 unspecified atom stereocenters. The molecule has 48 valence electrons. The van der Waals surface area contributed by atoms with Crippen molar-refractivity contribution in [3.63, 3.8) is 0 Å². The van der Waals surface area contributed by atoms with Crippen molar-refractivity contribution in [3.8, 4) is 0 Å². The zero-order valence-electron chi connectivity index (χ0n) is 5.72. The van der Waals surface area contributed by atoms with Crippen LogP contribution in [0.3, 0.4) is 0 Å². The van der Waals surface area contributed by atoms with Gasteiger partial charge in [-0.1, -0.05) is 19.9 Å². The standard InChI is InChI=1S/C7H15N/c1-4-6(3)7(8)5-2/h4,6-7H,1,5,8H2,2-3H3. The second-order valence-corrected chi connectivity index (χ2v) is 2.17. The lowest BCUT2D eigenvalue weighted by Crippen LogP contribution is -2.25. The van der Waals surface area contributed by atoms with Gasteiger partial charge in [0.15, 0.2) is 0 Å². The maximum atomic E-state index is 5.66. The summed E-state index contributed by atoms with van der Waals surface area (Å²) >= 11 is 0. The normalized spacial score (nSPS) is 17.4. The highest BCUT2D eigenvalue weighted by Crippen LogP contribution is 2.03. The molecule has 2 N–H and O–H groups in total. The smallest absolute Gasteiger partial charge is 0.00965 e. The topological polar surface area (TPSA) is 26.0 Å². The highest BCUT2D eigenvalue weighted by molar-refractivity contribution is 4.82. The van der Waals surface area contributed by atoms with E-state index in [1.807, 2.05) is 6.08 Å². The molecule has 0 spiro atoms. The van der Waals surface area contributed by atoms with Crippen LogP contribution in [-0.4, -0.2) is 6.04 Å². The third kappa shape index (κ3) is 2.12. The fourth-order valence-electron chi connectivity index (χ4n) is 0.547. The van der Waals surface area contributed by atoms with Gasteiger partial charge >= 0.3 is 0 Å². The molecule has 0 aliphatic heterocycles. The van der Waals surface area contributed by atoms with Crippen molar-refractivity contribution in [2.45, 2.75) is 26.3 Å². The van der Waals surface area contributed by atoms with Gasteiger partial charge in [0.25, 0.3) is 0 Å². The van der Waals surface area contributed by atoms with E-state index >= 15 is 0 Å². The summed E-state index contributed by atoms with van der Waals surface area (Å²) in [6.45, 7) is 7.82. The third-order valence-corrected chi connectivity index (χ3v) is 1.52. The molecule has 0 aromatic carbocycles. The predicted molar refractivity (Wildman–Crippen MR) is 37.6 cm³/mol.